The van der Waals surface area contributed by atoms with Crippen LogP contribution < -0.4 is 10.1 Å². The predicted molar refractivity (Wildman–Crippen MR) is 117 cm³/mol. The third kappa shape index (κ3) is 4.57. The number of rotatable bonds is 5. The Kier molecular flexibility index (Phi) is 5.44. The van der Waals surface area contributed by atoms with Crippen LogP contribution in [0.4, 0.5) is 5.69 Å². The predicted octanol–water partition coefficient (Wildman–Crippen LogP) is 5.06. The van der Waals surface area contributed by atoms with Gasteiger partial charge in [0.2, 0.25) is 5.88 Å². The Morgan fingerprint density at radius 3 is 2.74 bits per heavy atom. The lowest BCUT2D eigenvalue weighted by atomic mass is 9.87. The molecule has 4 aromatic rings. The molecule has 0 unspecified atom stereocenters. The van der Waals surface area contributed by atoms with Crippen molar-refractivity contribution in [3.63, 3.8) is 0 Å². The monoisotopic (exact) mass is 417 g/mol. The van der Waals surface area contributed by atoms with Gasteiger partial charge in [-0.2, -0.15) is 0 Å². The van der Waals surface area contributed by atoms with Crippen molar-refractivity contribution in [1.29, 1.82) is 0 Å². The fourth-order valence-electron chi connectivity index (χ4n) is 3.15. The quantitative estimate of drug-likeness (QED) is 0.471. The number of hydrogen-bond acceptors (Lipinski definition) is 6. The van der Waals surface area contributed by atoms with E-state index in [1.54, 1.807) is 24.3 Å². The van der Waals surface area contributed by atoms with Crippen molar-refractivity contribution in [2.45, 2.75) is 32.8 Å². The number of ether oxygens (including phenoxy) is 1. The summed E-state index contributed by atoms with van der Waals surface area (Å²) in [6.45, 7) is 6.18. The maximum absolute atomic E-state index is 12.9. The van der Waals surface area contributed by atoms with Crippen LogP contribution in [0.15, 0.2) is 65.5 Å². The third-order valence-corrected chi connectivity index (χ3v) is 4.86. The number of nitrogens with one attached hydrogen (secondary N) is 1. The third-order valence-electron chi connectivity index (χ3n) is 4.86. The van der Waals surface area contributed by atoms with E-state index in [4.69, 9.17) is 9.15 Å². The zero-order valence-corrected chi connectivity index (χ0v) is 17.5. The second-order valence-corrected chi connectivity index (χ2v) is 8.20. The molecule has 7 nitrogen and oxygen atoms in total. The van der Waals surface area contributed by atoms with Gasteiger partial charge < -0.3 is 19.6 Å². The Morgan fingerprint density at radius 1 is 1.13 bits per heavy atom. The highest BCUT2D eigenvalue weighted by molar-refractivity contribution is 6.12. The summed E-state index contributed by atoms with van der Waals surface area (Å²) >= 11 is 0. The van der Waals surface area contributed by atoms with Crippen molar-refractivity contribution in [2.24, 2.45) is 0 Å². The van der Waals surface area contributed by atoms with Crippen LogP contribution in [-0.2, 0) is 12.0 Å². The normalized spacial score (nSPS) is 11.5. The molecular formula is C24H23N3O4. The largest absolute Gasteiger partial charge is 0.463 e. The van der Waals surface area contributed by atoms with Crippen LogP contribution in [0.1, 0.15) is 42.4 Å². The van der Waals surface area contributed by atoms with Gasteiger partial charge in [-0.1, -0.05) is 32.9 Å². The van der Waals surface area contributed by atoms with Gasteiger partial charge in [0.25, 0.3) is 5.91 Å². The smallest absolute Gasteiger partial charge is 0.259 e. The number of fused-ring (bicyclic) bond motifs is 1. The van der Waals surface area contributed by atoms with Gasteiger partial charge in [-0.05, 0) is 35.2 Å². The van der Waals surface area contributed by atoms with Crippen LogP contribution in [0.2, 0.25) is 0 Å². The van der Waals surface area contributed by atoms with Gasteiger partial charge in [0.1, 0.15) is 23.9 Å². The molecule has 0 aliphatic carbocycles. The number of aromatic nitrogens is 2. The minimum atomic E-state index is -0.248. The van der Waals surface area contributed by atoms with Crippen molar-refractivity contribution in [2.75, 3.05) is 5.32 Å². The minimum Gasteiger partial charge on any atom is -0.463 e. The standard InChI is InChI=1S/C24H23N3O4/c1-24(2,3)15-5-4-6-16(9-15)27-23(29)20-13-30-21-11-18(7-8-19(20)21)31-22-10-17(12-28)25-14-26-22/h4-11,13-14,28H,12H2,1-3H3,(H,27,29). The van der Waals surface area contributed by atoms with Crippen LogP contribution in [0.5, 0.6) is 11.6 Å². The summed E-state index contributed by atoms with van der Waals surface area (Å²) < 4.78 is 11.3. The molecule has 31 heavy (non-hydrogen) atoms. The molecule has 158 valence electrons. The first kappa shape index (κ1) is 20.6. The van der Waals surface area contributed by atoms with Crippen LogP contribution in [0.3, 0.4) is 0 Å². The summed E-state index contributed by atoms with van der Waals surface area (Å²) in [6, 6.07) is 14.6. The average molecular weight is 417 g/mol. The number of furan rings is 1. The summed E-state index contributed by atoms with van der Waals surface area (Å²) in [4.78, 5) is 20.8. The lowest BCUT2D eigenvalue weighted by molar-refractivity contribution is 0.102. The lowest BCUT2D eigenvalue weighted by Gasteiger charge is -2.19. The molecule has 1 amide bonds. The summed E-state index contributed by atoms with van der Waals surface area (Å²) in [5, 5.41) is 12.8. The van der Waals surface area contributed by atoms with Crippen LogP contribution in [0, 0.1) is 0 Å². The van der Waals surface area contributed by atoms with E-state index in [-0.39, 0.29) is 17.9 Å². The summed E-state index contributed by atoms with van der Waals surface area (Å²) in [5.41, 5.74) is 3.27. The number of anilines is 1. The maximum atomic E-state index is 12.9. The molecule has 4 rings (SSSR count). The zero-order valence-electron chi connectivity index (χ0n) is 17.5. The minimum absolute atomic E-state index is 0.0128. The van der Waals surface area contributed by atoms with E-state index in [1.807, 2.05) is 24.3 Å². The van der Waals surface area contributed by atoms with E-state index in [2.05, 4.69) is 36.1 Å². The fraction of sp³-hybridized carbons (Fsp3) is 0.208. The van der Waals surface area contributed by atoms with Gasteiger partial charge >= 0.3 is 0 Å². The van der Waals surface area contributed by atoms with Crippen molar-refractivity contribution in [1.82, 2.24) is 9.97 Å². The van der Waals surface area contributed by atoms with Crippen molar-refractivity contribution in [3.8, 4) is 11.6 Å². The SMILES string of the molecule is CC(C)(C)c1cccc(NC(=O)c2coc3cc(Oc4cc(CO)ncn4)ccc23)c1. The highest BCUT2D eigenvalue weighted by atomic mass is 16.5. The Bertz CT molecular complexity index is 1240. The lowest BCUT2D eigenvalue weighted by Crippen LogP contribution is -2.14. The molecule has 2 heterocycles. The Balaban J connectivity index is 1.54. The second-order valence-electron chi connectivity index (χ2n) is 8.20. The number of hydrogen-bond donors (Lipinski definition) is 2. The van der Waals surface area contributed by atoms with E-state index in [0.29, 0.717) is 33.9 Å². The van der Waals surface area contributed by atoms with E-state index in [0.717, 1.165) is 11.3 Å². The molecule has 0 spiro atoms. The molecule has 2 N–H and O–H groups in total. The number of nitrogens with zero attached hydrogens (tertiary/aromatic N) is 2. The molecule has 2 aromatic heterocycles. The van der Waals surface area contributed by atoms with Crippen molar-refractivity contribution >= 4 is 22.6 Å². The second kappa shape index (κ2) is 8.20. The Morgan fingerprint density at radius 2 is 1.97 bits per heavy atom. The van der Waals surface area contributed by atoms with E-state index < -0.39 is 0 Å². The molecule has 0 saturated heterocycles. The number of carbonyl (C=O) groups is 1. The number of benzene rings is 2. The molecular weight excluding hydrogens is 394 g/mol. The topological polar surface area (TPSA) is 97.5 Å². The van der Waals surface area contributed by atoms with Gasteiger partial charge in [-0.15, -0.1) is 0 Å². The zero-order chi connectivity index (χ0) is 22.0. The van der Waals surface area contributed by atoms with Gasteiger partial charge in [0.15, 0.2) is 0 Å². The first-order valence-corrected chi connectivity index (χ1v) is 9.86. The molecule has 0 fully saturated rings. The number of amides is 1. The van der Waals surface area contributed by atoms with E-state index in [1.165, 1.54) is 12.6 Å². The van der Waals surface area contributed by atoms with Crippen LogP contribution in [0.25, 0.3) is 11.0 Å². The summed E-state index contributed by atoms with van der Waals surface area (Å²) in [7, 11) is 0. The first-order chi connectivity index (χ1) is 14.8. The van der Waals surface area contributed by atoms with Gasteiger partial charge in [-0.3, -0.25) is 4.79 Å². The molecule has 7 heteroatoms. The molecule has 0 aliphatic heterocycles. The van der Waals surface area contributed by atoms with Crippen molar-refractivity contribution in [3.05, 3.63) is 77.9 Å². The highest BCUT2D eigenvalue weighted by Crippen LogP contribution is 2.29. The molecule has 0 saturated carbocycles. The van der Waals surface area contributed by atoms with E-state index >= 15 is 0 Å². The van der Waals surface area contributed by atoms with Gasteiger partial charge in [0.05, 0.1) is 17.9 Å². The molecule has 2 aromatic carbocycles. The molecule has 0 atom stereocenters. The summed E-state index contributed by atoms with van der Waals surface area (Å²) in [5.74, 6) is 0.554. The average Bonchev–Trinajstić information content (AvgIpc) is 3.17. The number of carbonyl (C=O) groups excluding carboxylic acids is 1. The maximum Gasteiger partial charge on any atom is 0.259 e. The van der Waals surface area contributed by atoms with Crippen LogP contribution >= 0.6 is 0 Å². The molecule has 0 radical (unpaired) electrons. The molecule has 0 bridgehead atoms. The highest BCUT2D eigenvalue weighted by Gasteiger charge is 2.17. The number of aliphatic hydroxyl groups is 1. The Labute approximate surface area is 179 Å². The first-order valence-electron chi connectivity index (χ1n) is 9.86. The van der Waals surface area contributed by atoms with E-state index in [9.17, 15) is 9.90 Å². The van der Waals surface area contributed by atoms with Gasteiger partial charge in [0, 0.05) is 23.2 Å². The van der Waals surface area contributed by atoms with Gasteiger partial charge in [-0.25, -0.2) is 9.97 Å². The summed E-state index contributed by atoms with van der Waals surface area (Å²) in [6.07, 6.45) is 2.76. The van der Waals surface area contributed by atoms with Crippen molar-refractivity contribution < 1.29 is 19.1 Å². The van der Waals surface area contributed by atoms with Crippen LogP contribution in [-0.4, -0.2) is 21.0 Å². The molecule has 0 aliphatic rings. The number of aliphatic hydroxyl groups excluding tert-OH is 1. The Hall–Kier alpha value is -3.71. The fourth-order valence-corrected chi connectivity index (χ4v) is 3.15.